The molecule has 7 heteroatoms. The van der Waals surface area contributed by atoms with E-state index >= 15 is 0 Å². The quantitative estimate of drug-likeness (QED) is 0.599. The topological polar surface area (TPSA) is 41.6 Å². The first kappa shape index (κ1) is 20.5. The van der Waals surface area contributed by atoms with Crippen LogP contribution in [0.3, 0.4) is 0 Å². The van der Waals surface area contributed by atoms with Gasteiger partial charge in [0.25, 0.3) is 0 Å². The van der Waals surface area contributed by atoms with Crippen molar-refractivity contribution in [1.29, 1.82) is 0 Å². The number of carbonyl (C=O) groups excluding carboxylic acids is 1. The number of ether oxygens (including phenoxy) is 1. The molecule has 0 aliphatic carbocycles. The Bertz CT molecular complexity index is 786. The third-order valence-electron chi connectivity index (χ3n) is 4.48. The van der Waals surface area contributed by atoms with Crippen LogP contribution < -0.4 is 10.1 Å². The SMILES string of the molecule is O=C(CCl)NC1CCN(Cc2cc(Br)ccc2OCc2ccc(Cl)cc2)C1. The highest BCUT2D eigenvalue weighted by Crippen LogP contribution is 2.27. The standard InChI is InChI=1S/C20H21BrCl2N2O2/c21-16-3-6-19(27-13-14-1-4-17(23)5-2-14)15(9-16)11-25-8-7-18(12-25)24-20(26)10-22/h1-6,9,18H,7-8,10-13H2,(H,24,26). The summed E-state index contributed by atoms with van der Waals surface area (Å²) < 4.78 is 7.08. The molecular formula is C20H21BrCl2N2O2. The third kappa shape index (κ3) is 6.11. The minimum absolute atomic E-state index is 0.00478. The monoisotopic (exact) mass is 470 g/mol. The van der Waals surface area contributed by atoms with Gasteiger partial charge in [0, 0.05) is 40.7 Å². The van der Waals surface area contributed by atoms with Gasteiger partial charge in [-0.1, -0.05) is 39.7 Å². The fourth-order valence-corrected chi connectivity index (χ4v) is 3.77. The van der Waals surface area contributed by atoms with Crippen molar-refractivity contribution in [2.24, 2.45) is 0 Å². The van der Waals surface area contributed by atoms with Gasteiger partial charge in [0.15, 0.2) is 0 Å². The van der Waals surface area contributed by atoms with Crippen LogP contribution in [0.15, 0.2) is 46.9 Å². The molecule has 2 aromatic carbocycles. The summed E-state index contributed by atoms with van der Waals surface area (Å²) in [6.07, 6.45) is 0.928. The number of likely N-dealkylation sites (tertiary alicyclic amines) is 1. The van der Waals surface area contributed by atoms with Crippen LogP contribution in [0.2, 0.25) is 5.02 Å². The number of alkyl halides is 1. The molecule has 2 aromatic rings. The molecule has 1 heterocycles. The Balaban J connectivity index is 1.62. The van der Waals surface area contributed by atoms with Crippen molar-refractivity contribution in [3.05, 3.63) is 63.1 Å². The molecule has 3 rings (SSSR count). The van der Waals surface area contributed by atoms with Crippen LogP contribution >= 0.6 is 39.1 Å². The Morgan fingerprint density at radius 1 is 1.26 bits per heavy atom. The maximum absolute atomic E-state index is 11.5. The summed E-state index contributed by atoms with van der Waals surface area (Å²) in [5, 5.41) is 3.67. The minimum atomic E-state index is -0.113. The highest BCUT2D eigenvalue weighted by molar-refractivity contribution is 9.10. The molecule has 1 amide bonds. The van der Waals surface area contributed by atoms with Gasteiger partial charge in [-0.15, -0.1) is 11.6 Å². The lowest BCUT2D eigenvalue weighted by molar-refractivity contribution is -0.119. The molecule has 0 radical (unpaired) electrons. The summed E-state index contributed by atoms with van der Waals surface area (Å²) in [5.41, 5.74) is 2.18. The molecule has 1 atom stereocenters. The van der Waals surface area contributed by atoms with Crippen molar-refractivity contribution in [1.82, 2.24) is 10.2 Å². The van der Waals surface area contributed by atoms with E-state index in [0.29, 0.717) is 11.6 Å². The molecule has 1 N–H and O–H groups in total. The van der Waals surface area contributed by atoms with E-state index in [1.165, 1.54) is 0 Å². The zero-order chi connectivity index (χ0) is 19.2. The van der Waals surface area contributed by atoms with Gasteiger partial charge in [0.2, 0.25) is 5.91 Å². The van der Waals surface area contributed by atoms with E-state index in [-0.39, 0.29) is 17.8 Å². The molecular weight excluding hydrogens is 451 g/mol. The molecule has 0 spiro atoms. The van der Waals surface area contributed by atoms with Gasteiger partial charge in [0.05, 0.1) is 0 Å². The predicted molar refractivity (Wildman–Crippen MR) is 112 cm³/mol. The fourth-order valence-electron chi connectivity index (χ4n) is 3.16. The molecule has 1 aliphatic rings. The number of amides is 1. The average Bonchev–Trinajstić information content (AvgIpc) is 3.09. The zero-order valence-electron chi connectivity index (χ0n) is 14.8. The third-order valence-corrected chi connectivity index (χ3v) is 5.47. The largest absolute Gasteiger partial charge is 0.489 e. The number of hydrogen-bond donors (Lipinski definition) is 1. The number of carbonyl (C=O) groups is 1. The fraction of sp³-hybridized carbons (Fsp3) is 0.350. The first-order valence-corrected chi connectivity index (χ1v) is 10.5. The molecule has 0 bridgehead atoms. The molecule has 1 unspecified atom stereocenters. The lowest BCUT2D eigenvalue weighted by Crippen LogP contribution is -2.37. The van der Waals surface area contributed by atoms with Gasteiger partial charge in [0.1, 0.15) is 18.2 Å². The van der Waals surface area contributed by atoms with Gasteiger partial charge in [-0.3, -0.25) is 9.69 Å². The smallest absolute Gasteiger partial charge is 0.235 e. The molecule has 144 valence electrons. The van der Waals surface area contributed by atoms with Crippen molar-refractivity contribution >= 4 is 45.0 Å². The van der Waals surface area contributed by atoms with Crippen LogP contribution in [0.1, 0.15) is 17.5 Å². The number of nitrogens with zero attached hydrogens (tertiary/aromatic N) is 1. The summed E-state index contributed by atoms with van der Waals surface area (Å²) in [5.74, 6) is 0.754. The molecule has 0 aromatic heterocycles. The van der Waals surface area contributed by atoms with E-state index in [4.69, 9.17) is 27.9 Å². The van der Waals surface area contributed by atoms with Gasteiger partial charge in [-0.25, -0.2) is 0 Å². The molecule has 4 nitrogen and oxygen atoms in total. The lowest BCUT2D eigenvalue weighted by atomic mass is 10.2. The summed E-state index contributed by atoms with van der Waals surface area (Å²) >= 11 is 15.1. The highest BCUT2D eigenvalue weighted by Gasteiger charge is 2.24. The predicted octanol–water partition coefficient (Wildman–Crippen LogP) is 4.61. The number of rotatable bonds is 7. The van der Waals surface area contributed by atoms with Crippen molar-refractivity contribution in [2.45, 2.75) is 25.6 Å². The molecule has 1 saturated heterocycles. The second kappa shape index (κ2) is 9.78. The van der Waals surface area contributed by atoms with Gasteiger partial charge >= 0.3 is 0 Å². The van der Waals surface area contributed by atoms with Crippen LogP contribution in [0.4, 0.5) is 0 Å². The summed E-state index contributed by atoms with van der Waals surface area (Å²) in [7, 11) is 0. The van der Waals surface area contributed by atoms with Crippen LogP contribution in [0, 0.1) is 0 Å². The Morgan fingerprint density at radius 2 is 2.04 bits per heavy atom. The van der Waals surface area contributed by atoms with Crippen molar-refractivity contribution in [2.75, 3.05) is 19.0 Å². The van der Waals surface area contributed by atoms with Gasteiger partial charge in [-0.05, 0) is 42.3 Å². The first-order valence-electron chi connectivity index (χ1n) is 8.77. The number of nitrogens with one attached hydrogen (secondary N) is 1. The normalized spacial score (nSPS) is 17.1. The van der Waals surface area contributed by atoms with Crippen LogP contribution in [0.25, 0.3) is 0 Å². The van der Waals surface area contributed by atoms with Crippen LogP contribution in [-0.4, -0.2) is 35.8 Å². The summed E-state index contributed by atoms with van der Waals surface area (Å²) in [6.45, 7) is 2.99. The Labute approximate surface area is 177 Å². The van der Waals surface area contributed by atoms with E-state index < -0.39 is 0 Å². The molecule has 1 fully saturated rings. The summed E-state index contributed by atoms with van der Waals surface area (Å²) in [4.78, 5) is 13.8. The number of halogens is 3. The Kier molecular flexibility index (Phi) is 7.41. The van der Waals surface area contributed by atoms with E-state index in [0.717, 1.165) is 47.4 Å². The maximum atomic E-state index is 11.5. The van der Waals surface area contributed by atoms with Crippen LogP contribution in [0.5, 0.6) is 5.75 Å². The lowest BCUT2D eigenvalue weighted by Gasteiger charge is -2.19. The molecule has 0 saturated carbocycles. The molecule has 1 aliphatic heterocycles. The van der Waals surface area contributed by atoms with Gasteiger partial charge < -0.3 is 10.1 Å². The molecule has 27 heavy (non-hydrogen) atoms. The zero-order valence-corrected chi connectivity index (χ0v) is 17.9. The van der Waals surface area contributed by atoms with E-state index in [2.05, 4.69) is 32.2 Å². The minimum Gasteiger partial charge on any atom is -0.489 e. The highest BCUT2D eigenvalue weighted by atomic mass is 79.9. The second-order valence-corrected chi connectivity index (χ2v) is 8.21. The van der Waals surface area contributed by atoms with Crippen molar-refractivity contribution in [3.8, 4) is 5.75 Å². The van der Waals surface area contributed by atoms with E-state index in [1.807, 2.05) is 36.4 Å². The van der Waals surface area contributed by atoms with Gasteiger partial charge in [-0.2, -0.15) is 0 Å². The maximum Gasteiger partial charge on any atom is 0.235 e. The Morgan fingerprint density at radius 3 is 2.78 bits per heavy atom. The van der Waals surface area contributed by atoms with Crippen molar-refractivity contribution < 1.29 is 9.53 Å². The number of hydrogen-bond acceptors (Lipinski definition) is 3. The number of benzene rings is 2. The average molecular weight is 472 g/mol. The van der Waals surface area contributed by atoms with Crippen molar-refractivity contribution in [3.63, 3.8) is 0 Å². The second-order valence-electron chi connectivity index (χ2n) is 6.59. The summed E-state index contributed by atoms with van der Waals surface area (Å²) in [6, 6.07) is 13.9. The van der Waals surface area contributed by atoms with E-state index in [9.17, 15) is 4.79 Å². The first-order chi connectivity index (χ1) is 13.0. The Hall–Kier alpha value is -1.27. The van der Waals surface area contributed by atoms with Crippen LogP contribution in [-0.2, 0) is 17.9 Å². The van der Waals surface area contributed by atoms with E-state index in [1.54, 1.807) is 0 Å².